The second-order valence-corrected chi connectivity index (χ2v) is 4.56. The number of rotatable bonds is 1. The molecule has 1 saturated heterocycles. The largest absolute Gasteiger partial charge is 0.391 e. The number of aliphatic hydroxyl groups is 1. The minimum absolute atomic E-state index is 0.136. The zero-order chi connectivity index (χ0) is 11.7. The summed E-state index contributed by atoms with van der Waals surface area (Å²) in [5.41, 5.74) is 0.198. The van der Waals surface area contributed by atoms with Gasteiger partial charge in [0.1, 0.15) is 5.02 Å². The molecular formula is C10H14ClN3O2. The number of aromatic nitrogens is 2. The van der Waals surface area contributed by atoms with Crippen molar-refractivity contribution in [3.8, 4) is 0 Å². The van der Waals surface area contributed by atoms with Crippen LogP contribution in [0, 0.1) is 5.92 Å². The Morgan fingerprint density at radius 3 is 3.12 bits per heavy atom. The molecule has 5 nitrogen and oxygen atoms in total. The summed E-state index contributed by atoms with van der Waals surface area (Å²) < 4.78 is 0. The molecule has 1 fully saturated rings. The summed E-state index contributed by atoms with van der Waals surface area (Å²) in [5, 5.41) is 15.9. The molecule has 2 heterocycles. The van der Waals surface area contributed by atoms with E-state index in [9.17, 15) is 9.90 Å². The average molecular weight is 244 g/mol. The van der Waals surface area contributed by atoms with E-state index in [2.05, 4.69) is 10.2 Å². The summed E-state index contributed by atoms with van der Waals surface area (Å²) in [7, 11) is 0. The van der Waals surface area contributed by atoms with Gasteiger partial charge in [-0.1, -0.05) is 18.5 Å². The molecule has 0 amide bonds. The Bertz CT molecular complexity index is 434. The first kappa shape index (κ1) is 11.4. The summed E-state index contributed by atoms with van der Waals surface area (Å²) in [6.45, 7) is 3.29. The number of aliphatic hydroxyl groups excluding tert-OH is 1. The van der Waals surface area contributed by atoms with Gasteiger partial charge in [0.25, 0.3) is 5.56 Å². The molecule has 88 valence electrons. The third-order valence-corrected chi connectivity index (χ3v) is 3.40. The quantitative estimate of drug-likeness (QED) is 0.759. The maximum absolute atomic E-state index is 11.3. The number of anilines is 1. The topological polar surface area (TPSA) is 69.2 Å². The summed E-state index contributed by atoms with van der Waals surface area (Å²) in [6, 6.07) is 0. The lowest BCUT2D eigenvalue weighted by Crippen LogP contribution is -2.43. The van der Waals surface area contributed by atoms with E-state index in [4.69, 9.17) is 11.6 Å². The Balaban J connectivity index is 2.25. The predicted octanol–water partition coefficient (Wildman–Crippen LogP) is 0.630. The molecule has 1 aliphatic heterocycles. The van der Waals surface area contributed by atoms with Crippen LogP contribution >= 0.6 is 11.6 Å². The second-order valence-electron chi connectivity index (χ2n) is 4.18. The van der Waals surface area contributed by atoms with E-state index in [1.807, 2.05) is 11.8 Å². The maximum Gasteiger partial charge on any atom is 0.285 e. The van der Waals surface area contributed by atoms with Gasteiger partial charge in [-0.05, 0) is 12.3 Å². The lowest BCUT2D eigenvalue weighted by Gasteiger charge is -2.35. The molecule has 1 aliphatic rings. The smallest absolute Gasteiger partial charge is 0.285 e. The maximum atomic E-state index is 11.3. The van der Waals surface area contributed by atoms with Crippen molar-refractivity contribution < 1.29 is 5.11 Å². The number of aromatic amines is 1. The van der Waals surface area contributed by atoms with Crippen LogP contribution in [-0.2, 0) is 0 Å². The molecule has 2 unspecified atom stereocenters. The molecule has 2 N–H and O–H groups in total. The van der Waals surface area contributed by atoms with E-state index < -0.39 is 5.56 Å². The highest BCUT2D eigenvalue weighted by atomic mass is 35.5. The van der Waals surface area contributed by atoms with Crippen molar-refractivity contribution in [2.45, 2.75) is 19.4 Å². The Labute approximate surface area is 98.0 Å². The highest BCUT2D eigenvalue weighted by Gasteiger charge is 2.26. The number of hydrogen-bond donors (Lipinski definition) is 2. The molecule has 0 radical (unpaired) electrons. The Morgan fingerprint density at radius 1 is 1.69 bits per heavy atom. The summed E-state index contributed by atoms with van der Waals surface area (Å²) in [4.78, 5) is 13.2. The van der Waals surface area contributed by atoms with Gasteiger partial charge in [-0.3, -0.25) is 4.79 Å². The summed E-state index contributed by atoms with van der Waals surface area (Å²) in [5.74, 6) is 0.282. The van der Waals surface area contributed by atoms with E-state index in [0.717, 1.165) is 13.0 Å². The molecule has 0 saturated carbocycles. The van der Waals surface area contributed by atoms with Gasteiger partial charge in [-0.15, -0.1) is 0 Å². The highest BCUT2D eigenvalue weighted by Crippen LogP contribution is 2.26. The Morgan fingerprint density at radius 2 is 2.44 bits per heavy atom. The van der Waals surface area contributed by atoms with Gasteiger partial charge < -0.3 is 10.0 Å². The fourth-order valence-electron chi connectivity index (χ4n) is 1.86. The number of β-amino-alcohol motifs (C(OH)–C–C–N with tert-alkyl or cyclic N) is 1. The fourth-order valence-corrected chi connectivity index (χ4v) is 2.07. The number of piperidine rings is 1. The summed E-state index contributed by atoms with van der Waals surface area (Å²) in [6.07, 6.45) is 2.01. The van der Waals surface area contributed by atoms with Gasteiger partial charge >= 0.3 is 0 Å². The SMILES string of the molecule is CC1CCN(c2cn[nH]c(=O)c2Cl)CC1O. The van der Waals surface area contributed by atoms with Crippen LogP contribution in [0.2, 0.25) is 5.02 Å². The third-order valence-electron chi connectivity index (χ3n) is 3.04. The van der Waals surface area contributed by atoms with Crippen molar-refractivity contribution in [1.29, 1.82) is 0 Å². The molecule has 16 heavy (non-hydrogen) atoms. The monoisotopic (exact) mass is 243 g/mol. The van der Waals surface area contributed by atoms with Crippen molar-refractivity contribution in [2.75, 3.05) is 18.0 Å². The van der Waals surface area contributed by atoms with Crippen LogP contribution < -0.4 is 10.5 Å². The van der Waals surface area contributed by atoms with Crippen LogP contribution in [0.25, 0.3) is 0 Å². The van der Waals surface area contributed by atoms with Crippen molar-refractivity contribution >= 4 is 17.3 Å². The standard InChI is InChI=1S/C10H14ClN3O2/c1-6-2-3-14(5-8(6)15)7-4-12-13-10(16)9(7)11/h4,6,8,15H,2-3,5H2,1H3,(H,13,16). The van der Waals surface area contributed by atoms with E-state index in [0.29, 0.717) is 12.2 Å². The molecule has 1 aromatic heterocycles. The lowest BCUT2D eigenvalue weighted by molar-refractivity contribution is 0.103. The second kappa shape index (κ2) is 4.43. The van der Waals surface area contributed by atoms with Gasteiger partial charge in [0, 0.05) is 13.1 Å². The number of H-pyrrole nitrogens is 1. The van der Waals surface area contributed by atoms with Gasteiger partial charge in [-0.25, -0.2) is 5.10 Å². The fraction of sp³-hybridized carbons (Fsp3) is 0.600. The number of halogens is 1. The number of nitrogens with zero attached hydrogens (tertiary/aromatic N) is 2. The zero-order valence-electron chi connectivity index (χ0n) is 8.98. The normalized spacial score (nSPS) is 25.8. The van der Waals surface area contributed by atoms with Crippen molar-refractivity contribution in [3.63, 3.8) is 0 Å². The van der Waals surface area contributed by atoms with E-state index in [-0.39, 0.29) is 17.0 Å². The minimum atomic E-state index is -0.396. The molecule has 1 aromatic rings. The minimum Gasteiger partial charge on any atom is -0.391 e. The van der Waals surface area contributed by atoms with Crippen molar-refractivity contribution in [3.05, 3.63) is 21.6 Å². The van der Waals surface area contributed by atoms with E-state index >= 15 is 0 Å². The molecule has 2 rings (SSSR count). The van der Waals surface area contributed by atoms with Gasteiger partial charge in [0.15, 0.2) is 0 Å². The molecule has 2 atom stereocenters. The third kappa shape index (κ3) is 2.05. The van der Waals surface area contributed by atoms with Crippen LogP contribution in [0.3, 0.4) is 0 Å². The van der Waals surface area contributed by atoms with Crippen molar-refractivity contribution in [2.24, 2.45) is 5.92 Å². The Kier molecular flexibility index (Phi) is 3.16. The molecule has 6 heteroatoms. The van der Waals surface area contributed by atoms with Crippen LogP contribution in [0.15, 0.2) is 11.0 Å². The van der Waals surface area contributed by atoms with Gasteiger partial charge in [0.05, 0.1) is 18.0 Å². The molecular weight excluding hydrogens is 230 g/mol. The average Bonchev–Trinajstić information content (AvgIpc) is 2.26. The predicted molar refractivity (Wildman–Crippen MR) is 61.9 cm³/mol. The Hall–Kier alpha value is -1.07. The molecule has 0 aliphatic carbocycles. The number of hydrogen-bond acceptors (Lipinski definition) is 4. The van der Waals surface area contributed by atoms with Crippen LogP contribution in [0.4, 0.5) is 5.69 Å². The van der Waals surface area contributed by atoms with Crippen LogP contribution in [0.5, 0.6) is 0 Å². The molecule has 0 spiro atoms. The van der Waals surface area contributed by atoms with Crippen LogP contribution in [-0.4, -0.2) is 34.5 Å². The van der Waals surface area contributed by atoms with Crippen molar-refractivity contribution in [1.82, 2.24) is 10.2 Å². The first-order chi connectivity index (χ1) is 7.59. The summed E-state index contributed by atoms with van der Waals surface area (Å²) >= 11 is 5.90. The van der Waals surface area contributed by atoms with Crippen LogP contribution in [0.1, 0.15) is 13.3 Å². The van der Waals surface area contributed by atoms with Gasteiger partial charge in [0.2, 0.25) is 0 Å². The zero-order valence-corrected chi connectivity index (χ0v) is 9.74. The lowest BCUT2D eigenvalue weighted by atomic mass is 9.96. The highest BCUT2D eigenvalue weighted by molar-refractivity contribution is 6.32. The van der Waals surface area contributed by atoms with E-state index in [1.165, 1.54) is 6.20 Å². The first-order valence-corrected chi connectivity index (χ1v) is 5.63. The number of nitrogens with one attached hydrogen (secondary N) is 1. The first-order valence-electron chi connectivity index (χ1n) is 5.26. The van der Waals surface area contributed by atoms with Gasteiger partial charge in [-0.2, -0.15) is 5.10 Å². The molecule has 0 bridgehead atoms. The molecule has 0 aromatic carbocycles. The van der Waals surface area contributed by atoms with E-state index in [1.54, 1.807) is 0 Å².